The fraction of sp³-hybridized carbons (Fsp3) is 0.414. The van der Waals surface area contributed by atoms with Crippen LogP contribution in [0.3, 0.4) is 0 Å². The molecule has 0 saturated carbocycles. The number of carbonyl (C=O) groups is 2. The van der Waals surface area contributed by atoms with Crippen LogP contribution in [0.2, 0.25) is 0 Å². The van der Waals surface area contributed by atoms with Gasteiger partial charge in [-0.3, -0.25) is 4.79 Å². The molecule has 1 N–H and O–H groups in total. The first-order valence-corrected chi connectivity index (χ1v) is 13.3. The lowest BCUT2D eigenvalue weighted by molar-refractivity contribution is -0.154. The number of ketones is 1. The minimum Gasteiger partial charge on any atom is -0.478 e. The van der Waals surface area contributed by atoms with Crippen LogP contribution in [-0.2, 0) is 17.4 Å². The first-order chi connectivity index (χ1) is 17.8. The predicted molar refractivity (Wildman–Crippen MR) is 142 cm³/mol. The number of carboxylic acids is 1. The summed E-state index contributed by atoms with van der Waals surface area (Å²) in [5, 5.41) is 9.87. The van der Waals surface area contributed by atoms with Gasteiger partial charge in [0, 0.05) is 22.4 Å². The Morgan fingerprint density at radius 1 is 1.13 bits per heavy atom. The number of Topliss-reactive ketones (excluding diaryl/α,β-unsaturated/α-hetero) is 1. The number of nitrogens with zero attached hydrogens (tertiary/aromatic N) is 1. The van der Waals surface area contributed by atoms with E-state index in [-0.39, 0.29) is 28.7 Å². The first kappa shape index (κ1) is 29.4. The second-order valence-corrected chi connectivity index (χ2v) is 10.9. The van der Waals surface area contributed by atoms with Crippen LogP contribution < -0.4 is 4.74 Å². The SMILES string of the molecule is CCCC(C)(Oc1ccc(C(=O)CCc2nc(-c3ccccc3C(F)(F)F)sc2C(C)C)cc1C)C(=O)O. The Bertz CT molecular complexity index is 1320. The van der Waals surface area contributed by atoms with E-state index in [0.717, 1.165) is 10.9 Å². The lowest BCUT2D eigenvalue weighted by atomic mass is 9.99. The van der Waals surface area contributed by atoms with Crippen molar-refractivity contribution in [3.63, 3.8) is 0 Å². The standard InChI is InChI=1S/C29H32F3NO4S/c1-6-15-28(5,27(35)36)37-24-14-11-19(16-18(24)4)23(34)13-12-22-25(17(2)3)38-26(33-22)20-9-7-8-10-21(20)29(30,31)32/h7-11,14,16-17H,6,12-13,15H2,1-5H3,(H,35,36). The summed E-state index contributed by atoms with van der Waals surface area (Å²) in [7, 11) is 0. The summed E-state index contributed by atoms with van der Waals surface area (Å²) in [4.78, 5) is 30.1. The number of rotatable bonds is 11. The molecule has 38 heavy (non-hydrogen) atoms. The van der Waals surface area contributed by atoms with Crippen LogP contribution in [0.1, 0.15) is 84.9 Å². The van der Waals surface area contributed by atoms with Crippen molar-refractivity contribution in [2.24, 2.45) is 0 Å². The van der Waals surface area contributed by atoms with Crippen molar-refractivity contribution < 1.29 is 32.6 Å². The maximum absolute atomic E-state index is 13.6. The van der Waals surface area contributed by atoms with Crippen molar-refractivity contribution in [1.29, 1.82) is 0 Å². The Balaban J connectivity index is 1.81. The van der Waals surface area contributed by atoms with Crippen molar-refractivity contribution >= 4 is 23.1 Å². The highest BCUT2D eigenvalue weighted by molar-refractivity contribution is 7.15. The molecule has 1 heterocycles. The fourth-order valence-corrected chi connectivity index (χ4v) is 5.41. The summed E-state index contributed by atoms with van der Waals surface area (Å²) in [5.74, 6) is -0.765. The van der Waals surface area contributed by atoms with Crippen LogP contribution in [-0.4, -0.2) is 27.4 Å². The van der Waals surface area contributed by atoms with Crippen molar-refractivity contribution in [3.8, 4) is 16.3 Å². The van der Waals surface area contributed by atoms with Crippen LogP contribution in [0, 0.1) is 6.92 Å². The lowest BCUT2D eigenvalue weighted by Gasteiger charge is -2.27. The molecule has 5 nitrogen and oxygen atoms in total. The summed E-state index contributed by atoms with van der Waals surface area (Å²) in [6.07, 6.45) is -3.10. The minimum atomic E-state index is -4.50. The number of thiazole rings is 1. The molecule has 0 radical (unpaired) electrons. The number of ether oxygens (including phenoxy) is 1. The van der Waals surface area contributed by atoms with Crippen molar-refractivity contribution in [1.82, 2.24) is 4.98 Å². The van der Waals surface area contributed by atoms with E-state index in [0.29, 0.717) is 41.8 Å². The monoisotopic (exact) mass is 547 g/mol. The summed E-state index contributed by atoms with van der Waals surface area (Å²) < 4.78 is 46.5. The molecular formula is C29H32F3NO4S. The van der Waals surface area contributed by atoms with E-state index in [1.54, 1.807) is 31.2 Å². The van der Waals surface area contributed by atoms with Crippen LogP contribution in [0.15, 0.2) is 42.5 Å². The van der Waals surface area contributed by atoms with Gasteiger partial charge < -0.3 is 9.84 Å². The largest absolute Gasteiger partial charge is 0.478 e. The number of hydrogen-bond donors (Lipinski definition) is 1. The molecular weight excluding hydrogens is 515 g/mol. The molecule has 204 valence electrons. The van der Waals surface area contributed by atoms with Gasteiger partial charge in [0.1, 0.15) is 10.8 Å². The molecule has 2 aromatic carbocycles. The third kappa shape index (κ3) is 6.62. The third-order valence-corrected chi connectivity index (χ3v) is 7.75. The fourth-order valence-electron chi connectivity index (χ4n) is 4.26. The number of aryl methyl sites for hydroxylation is 2. The number of aromatic nitrogens is 1. The Kier molecular flexibility index (Phi) is 9.02. The van der Waals surface area contributed by atoms with Gasteiger partial charge in [0.15, 0.2) is 5.78 Å². The number of carbonyl (C=O) groups excluding carboxylic acids is 1. The van der Waals surface area contributed by atoms with Crippen molar-refractivity contribution in [2.45, 2.75) is 78.0 Å². The molecule has 9 heteroatoms. The molecule has 0 amide bonds. The molecule has 0 saturated heterocycles. The van der Waals surface area contributed by atoms with Gasteiger partial charge in [0.2, 0.25) is 5.60 Å². The number of hydrogen-bond acceptors (Lipinski definition) is 5. The summed E-state index contributed by atoms with van der Waals surface area (Å²) in [5.41, 5.74) is -0.354. The van der Waals surface area contributed by atoms with Gasteiger partial charge in [0.05, 0.1) is 11.3 Å². The Morgan fingerprint density at radius 2 is 1.82 bits per heavy atom. The van der Waals surface area contributed by atoms with E-state index >= 15 is 0 Å². The zero-order valence-corrected chi connectivity index (χ0v) is 22.9. The Hall–Kier alpha value is -3.20. The quantitative estimate of drug-likeness (QED) is 0.246. The predicted octanol–water partition coefficient (Wildman–Crippen LogP) is 8.10. The number of benzene rings is 2. The van der Waals surface area contributed by atoms with Gasteiger partial charge >= 0.3 is 12.1 Å². The molecule has 0 aliphatic heterocycles. The maximum atomic E-state index is 13.6. The maximum Gasteiger partial charge on any atom is 0.417 e. The van der Waals surface area contributed by atoms with Gasteiger partial charge in [-0.05, 0) is 62.4 Å². The second kappa shape index (κ2) is 11.7. The molecule has 0 bridgehead atoms. The highest BCUT2D eigenvalue weighted by atomic mass is 32.1. The van der Waals surface area contributed by atoms with Gasteiger partial charge in [-0.15, -0.1) is 11.3 Å². The van der Waals surface area contributed by atoms with E-state index in [2.05, 4.69) is 4.98 Å². The van der Waals surface area contributed by atoms with Gasteiger partial charge in [-0.25, -0.2) is 9.78 Å². The van der Waals surface area contributed by atoms with Gasteiger partial charge in [-0.1, -0.05) is 45.4 Å². The highest BCUT2D eigenvalue weighted by Crippen LogP contribution is 2.40. The smallest absolute Gasteiger partial charge is 0.417 e. The number of carboxylic acid groups (broad SMARTS) is 1. The molecule has 0 aliphatic rings. The minimum absolute atomic E-state index is 0.0344. The van der Waals surface area contributed by atoms with Crippen LogP contribution in [0.25, 0.3) is 10.6 Å². The molecule has 0 spiro atoms. The molecule has 0 fully saturated rings. The van der Waals surface area contributed by atoms with Crippen LogP contribution in [0.4, 0.5) is 13.2 Å². The Morgan fingerprint density at radius 3 is 2.39 bits per heavy atom. The van der Waals surface area contributed by atoms with Crippen LogP contribution >= 0.6 is 11.3 Å². The molecule has 3 aromatic rings. The molecule has 3 rings (SSSR count). The number of alkyl halides is 3. The zero-order chi connectivity index (χ0) is 28.3. The van der Waals surface area contributed by atoms with E-state index in [1.807, 2.05) is 20.8 Å². The number of halogens is 3. The van der Waals surface area contributed by atoms with Gasteiger partial charge in [0.25, 0.3) is 0 Å². The van der Waals surface area contributed by atoms with E-state index in [1.165, 1.54) is 30.4 Å². The lowest BCUT2D eigenvalue weighted by Crippen LogP contribution is -2.41. The summed E-state index contributed by atoms with van der Waals surface area (Å²) in [6, 6.07) is 10.3. The van der Waals surface area contributed by atoms with E-state index in [4.69, 9.17) is 4.74 Å². The third-order valence-electron chi connectivity index (χ3n) is 6.32. The second-order valence-electron chi connectivity index (χ2n) is 9.82. The van der Waals surface area contributed by atoms with E-state index in [9.17, 15) is 27.9 Å². The highest BCUT2D eigenvalue weighted by Gasteiger charge is 2.36. The molecule has 1 atom stereocenters. The van der Waals surface area contributed by atoms with Crippen molar-refractivity contribution in [2.75, 3.05) is 0 Å². The topological polar surface area (TPSA) is 76.5 Å². The summed E-state index contributed by atoms with van der Waals surface area (Å²) >= 11 is 1.23. The average molecular weight is 548 g/mol. The zero-order valence-electron chi connectivity index (χ0n) is 22.1. The normalized spacial score (nSPS) is 13.4. The molecule has 0 aliphatic carbocycles. The van der Waals surface area contributed by atoms with Crippen molar-refractivity contribution in [3.05, 3.63) is 69.7 Å². The molecule has 1 aromatic heterocycles. The number of aliphatic carboxylic acids is 1. The van der Waals surface area contributed by atoms with E-state index < -0.39 is 23.3 Å². The Labute approximate surface area is 224 Å². The first-order valence-electron chi connectivity index (χ1n) is 12.5. The average Bonchev–Trinajstić information content (AvgIpc) is 3.28. The molecule has 1 unspecified atom stereocenters. The van der Waals surface area contributed by atoms with Crippen LogP contribution in [0.5, 0.6) is 5.75 Å². The summed E-state index contributed by atoms with van der Waals surface area (Å²) in [6.45, 7) is 9.05. The van der Waals surface area contributed by atoms with Gasteiger partial charge in [-0.2, -0.15) is 13.2 Å².